The Labute approximate surface area is 89.8 Å². The second kappa shape index (κ2) is 3.48. The Hall–Kier alpha value is -2.11. The van der Waals surface area contributed by atoms with Crippen LogP contribution in [0.1, 0.15) is 6.92 Å². The fourth-order valence-corrected chi connectivity index (χ4v) is 1.74. The molecule has 0 saturated carbocycles. The lowest BCUT2D eigenvalue weighted by molar-refractivity contribution is 0.656. The van der Waals surface area contributed by atoms with Gasteiger partial charge in [0.15, 0.2) is 0 Å². The lowest BCUT2D eigenvalue weighted by atomic mass is 10.3. The molecule has 0 aliphatic carbocycles. The van der Waals surface area contributed by atoms with Gasteiger partial charge in [0.25, 0.3) is 11.1 Å². The molecule has 84 valence electrons. The SMILES string of the molecule is CCn1c(=O)n(C)c(=O)c2c(=O)[nH]ccc21. The van der Waals surface area contributed by atoms with E-state index >= 15 is 0 Å². The van der Waals surface area contributed by atoms with Crippen LogP contribution in [0.25, 0.3) is 10.9 Å². The second-order valence-corrected chi connectivity index (χ2v) is 3.46. The van der Waals surface area contributed by atoms with Gasteiger partial charge in [0, 0.05) is 19.8 Å². The Morgan fingerprint density at radius 3 is 2.62 bits per heavy atom. The van der Waals surface area contributed by atoms with Crippen molar-refractivity contribution in [3.8, 4) is 0 Å². The largest absolute Gasteiger partial charge is 0.331 e. The van der Waals surface area contributed by atoms with Gasteiger partial charge in [-0.05, 0) is 13.0 Å². The molecular formula is C10H11N3O3. The van der Waals surface area contributed by atoms with Crippen LogP contribution in [0.15, 0.2) is 26.6 Å². The Bertz CT molecular complexity index is 721. The minimum Gasteiger partial charge on any atom is -0.328 e. The van der Waals surface area contributed by atoms with Crippen molar-refractivity contribution in [3.05, 3.63) is 43.5 Å². The van der Waals surface area contributed by atoms with E-state index in [1.54, 1.807) is 13.0 Å². The van der Waals surface area contributed by atoms with Crippen molar-refractivity contribution in [3.63, 3.8) is 0 Å². The van der Waals surface area contributed by atoms with E-state index in [1.165, 1.54) is 17.8 Å². The summed E-state index contributed by atoms with van der Waals surface area (Å²) in [4.78, 5) is 37.5. The minimum absolute atomic E-state index is 0.0199. The van der Waals surface area contributed by atoms with E-state index in [2.05, 4.69) is 4.98 Å². The van der Waals surface area contributed by atoms with Gasteiger partial charge in [0.1, 0.15) is 5.39 Å². The van der Waals surface area contributed by atoms with Crippen LogP contribution in [-0.4, -0.2) is 14.1 Å². The Balaban J connectivity index is 3.24. The predicted molar refractivity (Wildman–Crippen MR) is 59.7 cm³/mol. The molecule has 1 N–H and O–H groups in total. The first-order valence-corrected chi connectivity index (χ1v) is 4.89. The molecule has 0 bridgehead atoms. The van der Waals surface area contributed by atoms with E-state index in [0.29, 0.717) is 12.1 Å². The predicted octanol–water partition coefficient (Wildman–Crippen LogP) is -0.592. The third-order valence-corrected chi connectivity index (χ3v) is 2.58. The number of nitrogens with one attached hydrogen (secondary N) is 1. The quantitative estimate of drug-likeness (QED) is 0.699. The number of aromatic nitrogens is 3. The van der Waals surface area contributed by atoms with Crippen LogP contribution in [0.5, 0.6) is 0 Å². The van der Waals surface area contributed by atoms with Crippen molar-refractivity contribution in [1.82, 2.24) is 14.1 Å². The van der Waals surface area contributed by atoms with E-state index in [-0.39, 0.29) is 5.39 Å². The van der Waals surface area contributed by atoms with Crippen molar-refractivity contribution in [2.45, 2.75) is 13.5 Å². The molecule has 0 aliphatic rings. The summed E-state index contributed by atoms with van der Waals surface area (Å²) in [5, 5.41) is 0.0199. The molecule has 0 fully saturated rings. The van der Waals surface area contributed by atoms with Gasteiger partial charge in [0.05, 0.1) is 5.52 Å². The van der Waals surface area contributed by atoms with Gasteiger partial charge in [-0.2, -0.15) is 0 Å². The monoisotopic (exact) mass is 221 g/mol. The summed E-state index contributed by atoms with van der Waals surface area (Å²) in [6.07, 6.45) is 1.43. The first-order valence-electron chi connectivity index (χ1n) is 4.89. The molecule has 2 aromatic rings. The minimum atomic E-state index is -0.563. The van der Waals surface area contributed by atoms with Crippen LogP contribution in [-0.2, 0) is 13.6 Å². The molecule has 6 heteroatoms. The van der Waals surface area contributed by atoms with Gasteiger partial charge in [-0.1, -0.05) is 0 Å². The number of H-pyrrole nitrogens is 1. The maximum absolute atomic E-state index is 11.8. The highest BCUT2D eigenvalue weighted by molar-refractivity contribution is 5.76. The highest BCUT2D eigenvalue weighted by Gasteiger charge is 2.11. The molecule has 16 heavy (non-hydrogen) atoms. The van der Waals surface area contributed by atoms with Gasteiger partial charge in [-0.25, -0.2) is 4.79 Å². The second-order valence-electron chi connectivity index (χ2n) is 3.46. The third kappa shape index (κ3) is 1.23. The maximum Gasteiger partial charge on any atom is 0.331 e. The lowest BCUT2D eigenvalue weighted by Gasteiger charge is -2.08. The number of pyridine rings is 1. The molecule has 0 aromatic carbocycles. The maximum atomic E-state index is 11.8. The third-order valence-electron chi connectivity index (χ3n) is 2.58. The molecular weight excluding hydrogens is 210 g/mol. The van der Waals surface area contributed by atoms with Gasteiger partial charge >= 0.3 is 5.69 Å². The highest BCUT2D eigenvalue weighted by atomic mass is 16.2. The Morgan fingerprint density at radius 2 is 2.00 bits per heavy atom. The van der Waals surface area contributed by atoms with Gasteiger partial charge < -0.3 is 4.98 Å². The lowest BCUT2D eigenvalue weighted by Crippen LogP contribution is -2.40. The van der Waals surface area contributed by atoms with E-state index in [1.807, 2.05) is 0 Å². The average molecular weight is 221 g/mol. The van der Waals surface area contributed by atoms with E-state index < -0.39 is 16.8 Å². The molecule has 0 spiro atoms. The van der Waals surface area contributed by atoms with Crippen LogP contribution in [0.4, 0.5) is 0 Å². The van der Waals surface area contributed by atoms with Gasteiger partial charge in [-0.3, -0.25) is 18.7 Å². The zero-order valence-corrected chi connectivity index (χ0v) is 8.98. The number of fused-ring (bicyclic) bond motifs is 1. The van der Waals surface area contributed by atoms with E-state index in [0.717, 1.165) is 4.57 Å². The molecule has 2 aromatic heterocycles. The fourth-order valence-electron chi connectivity index (χ4n) is 1.74. The van der Waals surface area contributed by atoms with Crippen LogP contribution in [0.3, 0.4) is 0 Å². The molecule has 6 nitrogen and oxygen atoms in total. The average Bonchev–Trinajstić information content (AvgIpc) is 2.27. The number of aryl methyl sites for hydroxylation is 1. The summed E-state index contributed by atoms with van der Waals surface area (Å²) in [6.45, 7) is 2.19. The summed E-state index contributed by atoms with van der Waals surface area (Å²) < 4.78 is 2.34. The van der Waals surface area contributed by atoms with Crippen molar-refractivity contribution in [2.24, 2.45) is 7.05 Å². The molecule has 0 atom stereocenters. The van der Waals surface area contributed by atoms with Crippen LogP contribution in [0, 0.1) is 0 Å². The zero-order valence-electron chi connectivity index (χ0n) is 8.98. The van der Waals surface area contributed by atoms with E-state index in [4.69, 9.17) is 0 Å². The summed E-state index contributed by atoms with van der Waals surface area (Å²) in [7, 11) is 1.36. The number of aromatic amines is 1. The summed E-state index contributed by atoms with van der Waals surface area (Å²) >= 11 is 0. The van der Waals surface area contributed by atoms with Crippen molar-refractivity contribution in [2.75, 3.05) is 0 Å². The van der Waals surface area contributed by atoms with Crippen molar-refractivity contribution < 1.29 is 0 Å². The topological polar surface area (TPSA) is 76.9 Å². The molecule has 0 unspecified atom stereocenters. The molecule has 0 aliphatic heterocycles. The number of hydrogen-bond donors (Lipinski definition) is 1. The van der Waals surface area contributed by atoms with E-state index in [9.17, 15) is 14.4 Å². The first kappa shape index (κ1) is 10.4. The summed E-state index contributed by atoms with van der Waals surface area (Å²) in [5.74, 6) is 0. The Kier molecular flexibility index (Phi) is 2.26. The smallest absolute Gasteiger partial charge is 0.328 e. The van der Waals surface area contributed by atoms with Gasteiger partial charge in [0.2, 0.25) is 0 Å². The highest BCUT2D eigenvalue weighted by Crippen LogP contribution is 2.00. The summed E-state index contributed by atoms with van der Waals surface area (Å²) in [6, 6.07) is 1.56. The fraction of sp³-hybridized carbons (Fsp3) is 0.300. The Morgan fingerprint density at radius 1 is 1.31 bits per heavy atom. The number of nitrogens with zero attached hydrogens (tertiary/aromatic N) is 2. The first-order chi connectivity index (χ1) is 7.57. The summed E-state index contributed by atoms with van der Waals surface area (Å²) in [5.41, 5.74) is -1.07. The molecule has 0 amide bonds. The van der Waals surface area contributed by atoms with Crippen LogP contribution < -0.4 is 16.8 Å². The van der Waals surface area contributed by atoms with Crippen LogP contribution in [0.2, 0.25) is 0 Å². The normalized spacial score (nSPS) is 10.9. The molecule has 2 rings (SSSR count). The zero-order chi connectivity index (χ0) is 11.9. The van der Waals surface area contributed by atoms with Gasteiger partial charge in [-0.15, -0.1) is 0 Å². The van der Waals surface area contributed by atoms with Crippen molar-refractivity contribution >= 4 is 10.9 Å². The standard InChI is InChI=1S/C10H11N3O3/c1-3-13-6-4-5-11-8(14)7(6)9(15)12(2)10(13)16/h4-5H,3H2,1-2H3,(H,11,14). The van der Waals surface area contributed by atoms with Crippen LogP contribution >= 0.6 is 0 Å². The number of hydrogen-bond acceptors (Lipinski definition) is 3. The number of rotatable bonds is 1. The molecule has 0 saturated heterocycles. The van der Waals surface area contributed by atoms with Crippen molar-refractivity contribution in [1.29, 1.82) is 0 Å². The molecule has 2 heterocycles. The molecule has 0 radical (unpaired) electrons.